The van der Waals surface area contributed by atoms with Crippen LogP contribution in [0.3, 0.4) is 0 Å². The molecule has 0 amide bonds. The van der Waals surface area contributed by atoms with Gasteiger partial charge in [0.05, 0.1) is 6.33 Å². The molecule has 1 aliphatic carbocycles. The highest BCUT2D eigenvalue weighted by molar-refractivity contribution is 7.89. The van der Waals surface area contributed by atoms with Gasteiger partial charge in [-0.3, -0.25) is 0 Å². The van der Waals surface area contributed by atoms with Gasteiger partial charge in [-0.25, -0.2) is 22.9 Å². The minimum atomic E-state index is -5.08. The number of carbonyl (C=O) groups is 1. The molecule has 2 aromatic carbocycles. The summed E-state index contributed by atoms with van der Waals surface area (Å²) in [5.41, 5.74) is 3.33. The van der Waals surface area contributed by atoms with Crippen LogP contribution in [0, 0.1) is 5.92 Å². The average molecular weight is 623 g/mol. The fraction of sp³-hybridized carbons (Fsp3) is 0.467. The van der Waals surface area contributed by atoms with Gasteiger partial charge >= 0.3 is 12.1 Å². The second-order valence-corrected chi connectivity index (χ2v) is 12.7. The second-order valence-electron chi connectivity index (χ2n) is 11.0. The van der Waals surface area contributed by atoms with E-state index in [0.717, 1.165) is 35.8 Å². The quantitative estimate of drug-likeness (QED) is 0.297. The van der Waals surface area contributed by atoms with E-state index in [1.165, 1.54) is 50.2 Å². The number of aromatic nitrogens is 2. The Morgan fingerprint density at radius 2 is 1.81 bits per heavy atom. The zero-order chi connectivity index (χ0) is 31.0. The monoisotopic (exact) mass is 622 g/mol. The molecule has 1 aliphatic heterocycles. The predicted molar refractivity (Wildman–Crippen MR) is 154 cm³/mol. The first kappa shape index (κ1) is 32.5. The fourth-order valence-electron chi connectivity index (χ4n) is 5.51. The van der Waals surface area contributed by atoms with Gasteiger partial charge in [0, 0.05) is 31.7 Å². The summed E-state index contributed by atoms with van der Waals surface area (Å²) in [5, 5.41) is 11.0. The number of aryl methyl sites for hydroxylation is 1. The Labute approximate surface area is 249 Å². The van der Waals surface area contributed by atoms with Crippen molar-refractivity contribution in [3.05, 3.63) is 77.7 Å². The minimum Gasteiger partial charge on any atom is -0.492 e. The molecular weight excluding hydrogens is 585 g/mol. The molecule has 2 heterocycles. The van der Waals surface area contributed by atoms with Gasteiger partial charge in [-0.05, 0) is 48.1 Å². The molecule has 43 heavy (non-hydrogen) atoms. The van der Waals surface area contributed by atoms with Crippen molar-refractivity contribution in [1.29, 1.82) is 0 Å². The van der Waals surface area contributed by atoms with E-state index in [0.29, 0.717) is 6.61 Å². The number of fused-ring (bicyclic) bond motifs is 1. The maximum Gasteiger partial charge on any atom is 0.490 e. The first-order valence-electron chi connectivity index (χ1n) is 14.2. The summed E-state index contributed by atoms with van der Waals surface area (Å²) in [6, 6.07) is 16.8. The standard InChI is InChI=1S/C28H36N4O3S.C2HF3O2/c1-32-18-28(30-20-32)36(33,34)31-17-23-11-12-27-25(16-23)24(15-22-9-3-2-4-10-22)26(19-35-27)29-14-13-21-7-5-6-8-21;3-2(4,5)1(6)7/h2-4,9-12,16,18,20-21,24,26,29,31H,5-8,13-15,17,19H2,1H3;(H,6,7)/t24-,26+;/m1./s1. The van der Waals surface area contributed by atoms with Crippen molar-refractivity contribution in [1.82, 2.24) is 19.6 Å². The summed E-state index contributed by atoms with van der Waals surface area (Å²) >= 11 is 0. The van der Waals surface area contributed by atoms with Gasteiger partial charge in [0.25, 0.3) is 10.0 Å². The number of benzene rings is 2. The van der Waals surface area contributed by atoms with Crippen molar-refractivity contribution in [2.75, 3.05) is 13.2 Å². The molecule has 2 atom stereocenters. The number of halogens is 3. The lowest BCUT2D eigenvalue weighted by Crippen LogP contribution is -2.44. The van der Waals surface area contributed by atoms with E-state index in [9.17, 15) is 21.6 Å². The molecule has 2 aliphatic rings. The minimum absolute atomic E-state index is 0.0276. The fourth-order valence-corrected chi connectivity index (χ4v) is 6.51. The van der Waals surface area contributed by atoms with E-state index in [1.807, 2.05) is 18.2 Å². The summed E-state index contributed by atoms with van der Waals surface area (Å²) in [5.74, 6) is -0.777. The highest BCUT2D eigenvalue weighted by atomic mass is 32.2. The molecule has 13 heteroatoms. The van der Waals surface area contributed by atoms with Gasteiger partial charge in [0.15, 0.2) is 5.03 Å². The van der Waals surface area contributed by atoms with Gasteiger partial charge in [0.1, 0.15) is 12.4 Å². The number of aliphatic carboxylic acids is 1. The van der Waals surface area contributed by atoms with Crippen LogP contribution in [-0.4, -0.2) is 54.4 Å². The third-order valence-corrected chi connectivity index (χ3v) is 9.06. The number of alkyl halides is 3. The highest BCUT2D eigenvalue weighted by Crippen LogP contribution is 2.37. The lowest BCUT2D eigenvalue weighted by molar-refractivity contribution is -0.192. The number of hydrogen-bond donors (Lipinski definition) is 3. The van der Waals surface area contributed by atoms with Gasteiger partial charge in [-0.15, -0.1) is 0 Å². The zero-order valence-corrected chi connectivity index (χ0v) is 24.7. The van der Waals surface area contributed by atoms with Crippen LogP contribution >= 0.6 is 0 Å². The first-order valence-corrected chi connectivity index (χ1v) is 15.7. The Bertz CT molecular complexity index is 1460. The molecular formula is C30H37F3N4O5S. The van der Waals surface area contributed by atoms with Crippen molar-refractivity contribution in [2.45, 2.75) is 68.2 Å². The van der Waals surface area contributed by atoms with Crippen LogP contribution in [0.2, 0.25) is 0 Å². The van der Waals surface area contributed by atoms with Gasteiger partial charge in [-0.1, -0.05) is 68.1 Å². The number of imidazole rings is 1. The van der Waals surface area contributed by atoms with E-state index in [2.05, 4.69) is 45.4 Å². The van der Waals surface area contributed by atoms with Crippen molar-refractivity contribution in [2.24, 2.45) is 13.0 Å². The predicted octanol–water partition coefficient (Wildman–Crippen LogP) is 4.79. The van der Waals surface area contributed by atoms with Crippen molar-refractivity contribution in [3.63, 3.8) is 0 Å². The van der Waals surface area contributed by atoms with Crippen LogP contribution < -0.4 is 14.8 Å². The number of ether oxygens (including phenoxy) is 1. The number of nitrogens with zero attached hydrogens (tertiary/aromatic N) is 2. The topological polar surface area (TPSA) is 123 Å². The maximum absolute atomic E-state index is 12.7. The highest BCUT2D eigenvalue weighted by Gasteiger charge is 2.38. The van der Waals surface area contributed by atoms with Crippen LogP contribution in [0.25, 0.3) is 0 Å². The lowest BCUT2D eigenvalue weighted by Gasteiger charge is -2.35. The molecule has 3 N–H and O–H groups in total. The molecule has 234 valence electrons. The smallest absolute Gasteiger partial charge is 0.490 e. The Morgan fingerprint density at radius 3 is 2.44 bits per heavy atom. The lowest BCUT2D eigenvalue weighted by atomic mass is 9.83. The molecule has 3 aromatic rings. The molecule has 9 nitrogen and oxygen atoms in total. The summed E-state index contributed by atoms with van der Waals surface area (Å²) in [7, 11) is -1.93. The SMILES string of the molecule is Cn1cnc(S(=O)(=O)NCc2ccc3c(c2)[C@@H](Cc2ccccc2)[C@@H](NCCC2CCCC2)CO3)c1.O=C(O)C(F)(F)F. The molecule has 1 aromatic heterocycles. The molecule has 0 unspecified atom stereocenters. The number of carboxylic acids is 1. The van der Waals surface area contributed by atoms with Crippen molar-refractivity contribution in [3.8, 4) is 5.75 Å². The third-order valence-electron chi connectivity index (χ3n) is 7.78. The summed E-state index contributed by atoms with van der Waals surface area (Å²) in [6.07, 6.45) is 5.48. The molecule has 1 fully saturated rings. The van der Waals surface area contributed by atoms with Gasteiger partial charge in [-0.2, -0.15) is 13.2 Å². The number of nitrogens with one attached hydrogen (secondary N) is 2. The van der Waals surface area contributed by atoms with E-state index < -0.39 is 22.2 Å². The van der Waals surface area contributed by atoms with Crippen LogP contribution in [0.1, 0.15) is 54.7 Å². The van der Waals surface area contributed by atoms with Crippen molar-refractivity contribution < 1.29 is 36.2 Å². The summed E-state index contributed by atoms with van der Waals surface area (Å²) in [6.45, 7) is 1.84. The van der Waals surface area contributed by atoms with Crippen LogP contribution in [-0.2, 0) is 34.8 Å². The number of sulfonamides is 1. The van der Waals surface area contributed by atoms with Gasteiger partial charge in [0.2, 0.25) is 0 Å². The number of rotatable bonds is 10. The van der Waals surface area contributed by atoms with Crippen LogP contribution in [0.15, 0.2) is 66.1 Å². The van der Waals surface area contributed by atoms with Crippen LogP contribution in [0.4, 0.5) is 13.2 Å². The first-order chi connectivity index (χ1) is 20.4. The van der Waals surface area contributed by atoms with Gasteiger partial charge < -0.3 is 19.7 Å². The van der Waals surface area contributed by atoms with E-state index >= 15 is 0 Å². The Hall–Kier alpha value is -3.42. The molecule has 0 spiro atoms. The zero-order valence-electron chi connectivity index (χ0n) is 23.9. The molecule has 0 radical (unpaired) electrons. The summed E-state index contributed by atoms with van der Waals surface area (Å²) in [4.78, 5) is 12.9. The molecule has 1 saturated carbocycles. The number of carboxylic acid groups (broad SMARTS) is 1. The second kappa shape index (κ2) is 14.4. The molecule has 5 rings (SSSR count). The van der Waals surface area contributed by atoms with E-state index in [1.54, 1.807) is 11.6 Å². The normalized spacial score (nSPS) is 18.8. The Balaban J connectivity index is 0.000000541. The maximum atomic E-state index is 12.7. The largest absolute Gasteiger partial charge is 0.492 e. The van der Waals surface area contributed by atoms with Crippen molar-refractivity contribution >= 4 is 16.0 Å². The molecule has 0 saturated heterocycles. The molecule has 0 bridgehead atoms. The number of hydrogen-bond acceptors (Lipinski definition) is 6. The Morgan fingerprint density at radius 1 is 1.12 bits per heavy atom. The van der Waals surface area contributed by atoms with E-state index in [4.69, 9.17) is 14.6 Å². The summed E-state index contributed by atoms with van der Waals surface area (Å²) < 4.78 is 67.6. The van der Waals surface area contributed by atoms with Crippen LogP contribution in [0.5, 0.6) is 5.75 Å². The third kappa shape index (κ3) is 9.28. The Kier molecular flexibility index (Phi) is 10.9. The van der Waals surface area contributed by atoms with E-state index in [-0.39, 0.29) is 23.5 Å². The average Bonchev–Trinajstić information content (AvgIpc) is 3.66.